The summed E-state index contributed by atoms with van der Waals surface area (Å²) in [5.41, 5.74) is 1.22. The van der Waals surface area contributed by atoms with Crippen LogP contribution in [0, 0.1) is 5.92 Å². The van der Waals surface area contributed by atoms with Gasteiger partial charge in [-0.2, -0.15) is 0 Å². The van der Waals surface area contributed by atoms with Crippen molar-refractivity contribution in [2.24, 2.45) is 5.92 Å². The number of nitrogens with zero attached hydrogens (tertiary/aromatic N) is 3. The van der Waals surface area contributed by atoms with Gasteiger partial charge in [-0.15, -0.1) is 0 Å². The third-order valence-corrected chi connectivity index (χ3v) is 5.54. The summed E-state index contributed by atoms with van der Waals surface area (Å²) < 4.78 is 5.04. The minimum atomic E-state index is -0.281. The fraction of sp³-hybridized carbons (Fsp3) is 0.600. The number of hydrogen-bond donors (Lipinski definition) is 0. The minimum absolute atomic E-state index is 0.0418. The molecule has 2 heterocycles. The number of rotatable bonds is 4. The SMILES string of the molecule is CCOC(=O)N1CCN(C(=O)C2CCCN(Cc3ccc(Cl)cc3)C2)CC1. The van der Waals surface area contributed by atoms with Crippen LogP contribution in [0.2, 0.25) is 5.02 Å². The molecule has 2 aliphatic rings. The molecule has 2 amide bonds. The third kappa shape index (κ3) is 5.36. The lowest BCUT2D eigenvalue weighted by Gasteiger charge is -2.38. The minimum Gasteiger partial charge on any atom is -0.450 e. The lowest BCUT2D eigenvalue weighted by Crippen LogP contribution is -2.53. The van der Waals surface area contributed by atoms with E-state index in [9.17, 15) is 9.59 Å². The molecule has 0 radical (unpaired) electrons. The van der Waals surface area contributed by atoms with Gasteiger partial charge in [-0.1, -0.05) is 23.7 Å². The van der Waals surface area contributed by atoms with Crippen molar-refractivity contribution in [2.75, 3.05) is 45.9 Å². The van der Waals surface area contributed by atoms with Crippen LogP contribution in [0.3, 0.4) is 0 Å². The number of ether oxygens (including phenoxy) is 1. The summed E-state index contributed by atoms with van der Waals surface area (Å²) in [6.07, 6.45) is 1.69. The van der Waals surface area contributed by atoms with E-state index in [0.29, 0.717) is 32.8 Å². The van der Waals surface area contributed by atoms with Gasteiger partial charge < -0.3 is 14.5 Å². The van der Waals surface area contributed by atoms with Crippen LogP contribution >= 0.6 is 11.6 Å². The zero-order valence-electron chi connectivity index (χ0n) is 15.9. The number of amides is 2. The maximum absolute atomic E-state index is 12.9. The van der Waals surface area contributed by atoms with Crippen molar-refractivity contribution in [3.05, 3.63) is 34.9 Å². The summed E-state index contributed by atoms with van der Waals surface area (Å²) in [4.78, 5) is 30.7. The number of piperidine rings is 1. The first kappa shape index (κ1) is 20.0. The quantitative estimate of drug-likeness (QED) is 0.789. The highest BCUT2D eigenvalue weighted by atomic mass is 35.5. The smallest absolute Gasteiger partial charge is 0.409 e. The van der Waals surface area contributed by atoms with Crippen molar-refractivity contribution >= 4 is 23.6 Å². The fourth-order valence-electron chi connectivity index (χ4n) is 3.83. The molecule has 2 saturated heterocycles. The van der Waals surface area contributed by atoms with Crippen LogP contribution < -0.4 is 0 Å². The van der Waals surface area contributed by atoms with E-state index >= 15 is 0 Å². The first-order valence-corrected chi connectivity index (χ1v) is 10.1. The molecule has 1 unspecified atom stereocenters. The lowest BCUT2D eigenvalue weighted by atomic mass is 9.95. The first-order valence-electron chi connectivity index (χ1n) is 9.74. The molecular weight excluding hydrogens is 366 g/mol. The Labute approximate surface area is 166 Å². The number of carbonyl (C=O) groups excluding carboxylic acids is 2. The highest BCUT2D eigenvalue weighted by Gasteiger charge is 2.32. The maximum atomic E-state index is 12.9. The first-order chi connectivity index (χ1) is 13.1. The second-order valence-corrected chi connectivity index (χ2v) is 7.65. The molecule has 1 aromatic rings. The van der Waals surface area contributed by atoms with Gasteiger partial charge in [0, 0.05) is 44.3 Å². The predicted molar refractivity (Wildman–Crippen MR) is 105 cm³/mol. The van der Waals surface area contributed by atoms with Crippen molar-refractivity contribution < 1.29 is 14.3 Å². The summed E-state index contributed by atoms with van der Waals surface area (Å²) in [6, 6.07) is 7.91. The Hall–Kier alpha value is -1.79. The van der Waals surface area contributed by atoms with E-state index in [4.69, 9.17) is 16.3 Å². The average Bonchev–Trinajstić information content (AvgIpc) is 2.70. The molecule has 0 aromatic heterocycles. The summed E-state index contributed by atoms with van der Waals surface area (Å²) in [7, 11) is 0. The van der Waals surface area contributed by atoms with Gasteiger partial charge in [0.15, 0.2) is 0 Å². The van der Waals surface area contributed by atoms with Crippen LogP contribution in [-0.4, -0.2) is 72.6 Å². The Morgan fingerprint density at radius 2 is 1.74 bits per heavy atom. The number of hydrogen-bond acceptors (Lipinski definition) is 4. The van der Waals surface area contributed by atoms with Gasteiger partial charge >= 0.3 is 6.09 Å². The monoisotopic (exact) mass is 393 g/mol. The van der Waals surface area contributed by atoms with E-state index in [1.807, 2.05) is 29.2 Å². The second kappa shape index (κ2) is 9.42. The van der Waals surface area contributed by atoms with Crippen molar-refractivity contribution in [2.45, 2.75) is 26.3 Å². The highest BCUT2D eigenvalue weighted by molar-refractivity contribution is 6.30. The third-order valence-electron chi connectivity index (χ3n) is 5.29. The van der Waals surface area contributed by atoms with Gasteiger partial charge in [0.2, 0.25) is 5.91 Å². The van der Waals surface area contributed by atoms with Crippen molar-refractivity contribution in [1.82, 2.24) is 14.7 Å². The molecule has 0 saturated carbocycles. The van der Waals surface area contributed by atoms with E-state index in [-0.39, 0.29) is 17.9 Å². The standard InChI is InChI=1S/C20H28ClN3O3/c1-2-27-20(26)24-12-10-23(11-13-24)19(25)17-4-3-9-22(15-17)14-16-5-7-18(21)8-6-16/h5-8,17H,2-4,9-15H2,1H3. The number of likely N-dealkylation sites (tertiary alicyclic amines) is 1. The van der Waals surface area contributed by atoms with Crippen molar-refractivity contribution in [3.8, 4) is 0 Å². The summed E-state index contributed by atoms with van der Waals surface area (Å²) in [6.45, 7) is 7.11. The fourth-order valence-corrected chi connectivity index (χ4v) is 3.96. The van der Waals surface area contributed by atoms with E-state index in [2.05, 4.69) is 4.90 Å². The molecular formula is C20H28ClN3O3. The van der Waals surface area contributed by atoms with E-state index < -0.39 is 0 Å². The zero-order chi connectivity index (χ0) is 19.2. The molecule has 3 rings (SSSR count). The number of piperazine rings is 1. The topological polar surface area (TPSA) is 53.1 Å². The molecule has 1 atom stereocenters. The number of halogens is 1. The molecule has 0 spiro atoms. The van der Waals surface area contributed by atoms with Crippen molar-refractivity contribution in [1.29, 1.82) is 0 Å². The summed E-state index contributed by atoms with van der Waals surface area (Å²) in [5.74, 6) is 0.263. The second-order valence-electron chi connectivity index (χ2n) is 7.21. The predicted octanol–water partition coefficient (Wildman–Crippen LogP) is 2.85. The molecule has 0 aliphatic carbocycles. The molecule has 0 N–H and O–H groups in total. The molecule has 6 nitrogen and oxygen atoms in total. The van der Waals surface area contributed by atoms with Crippen LogP contribution in [0.15, 0.2) is 24.3 Å². The van der Waals surface area contributed by atoms with Gasteiger partial charge in [0.25, 0.3) is 0 Å². The van der Waals surface area contributed by atoms with Crippen LogP contribution in [0.1, 0.15) is 25.3 Å². The van der Waals surface area contributed by atoms with Gasteiger partial charge in [0.1, 0.15) is 0 Å². The van der Waals surface area contributed by atoms with Crippen LogP contribution in [0.4, 0.5) is 4.79 Å². The molecule has 148 valence electrons. The Morgan fingerprint density at radius 3 is 2.41 bits per heavy atom. The Morgan fingerprint density at radius 1 is 1.07 bits per heavy atom. The van der Waals surface area contributed by atoms with E-state index in [1.165, 1.54) is 5.56 Å². The zero-order valence-corrected chi connectivity index (χ0v) is 16.7. The van der Waals surface area contributed by atoms with E-state index in [1.54, 1.807) is 11.8 Å². The van der Waals surface area contributed by atoms with Gasteiger partial charge in [0.05, 0.1) is 12.5 Å². The van der Waals surface area contributed by atoms with Crippen LogP contribution in [-0.2, 0) is 16.1 Å². The number of benzene rings is 1. The highest BCUT2D eigenvalue weighted by Crippen LogP contribution is 2.22. The molecule has 1 aromatic carbocycles. The molecule has 0 bridgehead atoms. The van der Waals surface area contributed by atoms with Crippen molar-refractivity contribution in [3.63, 3.8) is 0 Å². The normalized spacial score (nSPS) is 21.2. The summed E-state index contributed by atoms with van der Waals surface area (Å²) >= 11 is 5.96. The lowest BCUT2D eigenvalue weighted by molar-refractivity contribution is -0.139. The number of carbonyl (C=O) groups is 2. The maximum Gasteiger partial charge on any atom is 0.409 e. The van der Waals surface area contributed by atoms with Gasteiger partial charge in [-0.05, 0) is 44.0 Å². The van der Waals surface area contributed by atoms with Crippen LogP contribution in [0.25, 0.3) is 0 Å². The Bertz CT molecular complexity index is 644. The van der Waals surface area contributed by atoms with Gasteiger partial charge in [-0.3, -0.25) is 9.69 Å². The average molecular weight is 394 g/mol. The molecule has 2 aliphatic heterocycles. The summed E-state index contributed by atoms with van der Waals surface area (Å²) in [5, 5.41) is 0.743. The largest absolute Gasteiger partial charge is 0.450 e. The Balaban J connectivity index is 1.50. The molecule has 27 heavy (non-hydrogen) atoms. The van der Waals surface area contributed by atoms with E-state index in [0.717, 1.165) is 37.5 Å². The molecule has 2 fully saturated rings. The molecule has 7 heteroatoms. The van der Waals surface area contributed by atoms with Crippen LogP contribution in [0.5, 0.6) is 0 Å². The van der Waals surface area contributed by atoms with Gasteiger partial charge in [-0.25, -0.2) is 4.79 Å². The Kier molecular flexibility index (Phi) is 6.96.